The molecule has 0 aliphatic carbocycles. The van der Waals surface area contributed by atoms with Crippen LogP contribution in [0, 0.1) is 10.1 Å². The van der Waals surface area contributed by atoms with Crippen LogP contribution in [0.4, 0.5) is 11.5 Å². The number of aromatic nitrogens is 1. The van der Waals surface area contributed by atoms with Crippen molar-refractivity contribution in [2.75, 3.05) is 5.73 Å². The Hall–Kier alpha value is -2.37. The summed E-state index contributed by atoms with van der Waals surface area (Å²) >= 11 is 0. The van der Waals surface area contributed by atoms with Gasteiger partial charge in [-0.05, 0) is 18.2 Å². The lowest BCUT2D eigenvalue weighted by Crippen LogP contribution is -1.99. The van der Waals surface area contributed by atoms with Gasteiger partial charge in [0.2, 0.25) is 5.82 Å². The Morgan fingerprint density at radius 1 is 1.47 bits per heavy atom. The predicted octanol–water partition coefficient (Wildman–Crippen LogP) is 1.83. The number of nitrogens with zero attached hydrogens (tertiary/aromatic N) is 2. The largest absolute Gasteiger partial charge is 0.464 e. The molecule has 0 bridgehead atoms. The molecule has 0 spiro atoms. The third-order valence-corrected chi connectivity index (χ3v) is 1.92. The zero-order valence-electron chi connectivity index (χ0n) is 7.58. The van der Waals surface area contributed by atoms with Gasteiger partial charge in [0.25, 0.3) is 0 Å². The van der Waals surface area contributed by atoms with E-state index in [4.69, 9.17) is 10.2 Å². The van der Waals surface area contributed by atoms with E-state index in [1.54, 1.807) is 12.1 Å². The number of nitrogen functional groups attached to an aromatic ring is 1. The molecule has 0 aliphatic heterocycles. The second kappa shape index (κ2) is 3.41. The van der Waals surface area contributed by atoms with Crippen molar-refractivity contribution in [3.05, 3.63) is 40.8 Å². The van der Waals surface area contributed by atoms with Crippen LogP contribution in [0.2, 0.25) is 0 Å². The van der Waals surface area contributed by atoms with Crippen molar-refractivity contribution in [3.8, 4) is 11.3 Å². The average molecular weight is 205 g/mol. The fourth-order valence-corrected chi connectivity index (χ4v) is 1.29. The molecule has 2 N–H and O–H groups in total. The van der Waals surface area contributed by atoms with Crippen molar-refractivity contribution in [3.63, 3.8) is 0 Å². The van der Waals surface area contributed by atoms with E-state index in [-0.39, 0.29) is 11.5 Å². The maximum atomic E-state index is 10.8. The Kier molecular flexibility index (Phi) is 2.09. The predicted molar refractivity (Wildman–Crippen MR) is 53.0 cm³/mol. The highest BCUT2D eigenvalue weighted by atomic mass is 16.6. The van der Waals surface area contributed by atoms with Crippen LogP contribution in [0.15, 0.2) is 35.1 Å². The Bertz CT molecular complexity index is 493. The maximum Gasteiger partial charge on any atom is 0.322 e. The standard InChI is InChI=1S/C9H7N3O3/c10-9-8(12(13)14)6(3-4-11-9)7-2-1-5-15-7/h1-5H,(H2,10,11). The van der Waals surface area contributed by atoms with Crippen molar-refractivity contribution in [2.45, 2.75) is 0 Å². The van der Waals surface area contributed by atoms with E-state index in [1.807, 2.05) is 0 Å². The molecule has 76 valence electrons. The lowest BCUT2D eigenvalue weighted by atomic mass is 10.1. The van der Waals surface area contributed by atoms with E-state index >= 15 is 0 Å². The minimum Gasteiger partial charge on any atom is -0.464 e. The molecule has 0 unspecified atom stereocenters. The minimum atomic E-state index is -0.569. The quantitative estimate of drug-likeness (QED) is 0.596. The van der Waals surface area contributed by atoms with Gasteiger partial charge in [0.05, 0.1) is 11.2 Å². The number of hydrogen-bond donors (Lipinski definition) is 1. The van der Waals surface area contributed by atoms with Crippen molar-refractivity contribution < 1.29 is 9.34 Å². The van der Waals surface area contributed by atoms with Crippen LogP contribution in [0.3, 0.4) is 0 Å². The zero-order valence-corrected chi connectivity index (χ0v) is 7.58. The van der Waals surface area contributed by atoms with Crippen LogP contribution in [0.5, 0.6) is 0 Å². The highest BCUT2D eigenvalue weighted by Crippen LogP contribution is 2.32. The number of pyridine rings is 1. The first-order valence-electron chi connectivity index (χ1n) is 4.13. The van der Waals surface area contributed by atoms with Crippen LogP contribution in [-0.4, -0.2) is 9.91 Å². The normalized spacial score (nSPS) is 10.1. The number of nitrogens with two attached hydrogens (primary N) is 1. The van der Waals surface area contributed by atoms with Gasteiger partial charge in [0, 0.05) is 6.20 Å². The Labute approximate surface area is 84.5 Å². The summed E-state index contributed by atoms with van der Waals surface area (Å²) in [6, 6.07) is 4.77. The van der Waals surface area contributed by atoms with Gasteiger partial charge in [0.1, 0.15) is 11.3 Å². The maximum absolute atomic E-state index is 10.8. The van der Waals surface area contributed by atoms with E-state index in [9.17, 15) is 10.1 Å². The number of hydrogen-bond acceptors (Lipinski definition) is 5. The number of anilines is 1. The van der Waals surface area contributed by atoms with E-state index in [1.165, 1.54) is 18.5 Å². The molecule has 0 aromatic carbocycles. The first-order valence-corrected chi connectivity index (χ1v) is 4.13. The molecule has 0 aliphatic rings. The van der Waals surface area contributed by atoms with Gasteiger partial charge in [0.15, 0.2) is 0 Å². The lowest BCUT2D eigenvalue weighted by molar-refractivity contribution is -0.383. The molecule has 0 fully saturated rings. The van der Waals surface area contributed by atoms with E-state index in [0.29, 0.717) is 11.3 Å². The number of furan rings is 1. The summed E-state index contributed by atoms with van der Waals surface area (Å²) in [5.74, 6) is 0.282. The lowest BCUT2D eigenvalue weighted by Gasteiger charge is -2.00. The van der Waals surface area contributed by atoms with Crippen LogP contribution in [-0.2, 0) is 0 Å². The molecule has 2 rings (SSSR count). The van der Waals surface area contributed by atoms with Gasteiger partial charge in [-0.2, -0.15) is 0 Å². The van der Waals surface area contributed by atoms with E-state index in [0.717, 1.165) is 0 Å². The molecule has 6 heteroatoms. The zero-order chi connectivity index (χ0) is 10.8. The first-order chi connectivity index (χ1) is 7.20. The molecule has 0 amide bonds. The molecule has 2 aromatic heterocycles. The summed E-state index contributed by atoms with van der Waals surface area (Å²) < 4.78 is 5.08. The summed E-state index contributed by atoms with van der Waals surface area (Å²) in [5, 5.41) is 10.8. The molecule has 0 saturated carbocycles. The van der Waals surface area contributed by atoms with Gasteiger partial charge in [-0.25, -0.2) is 4.98 Å². The second-order valence-electron chi connectivity index (χ2n) is 2.83. The molecule has 15 heavy (non-hydrogen) atoms. The highest BCUT2D eigenvalue weighted by molar-refractivity contribution is 5.75. The smallest absolute Gasteiger partial charge is 0.322 e. The highest BCUT2D eigenvalue weighted by Gasteiger charge is 2.21. The third kappa shape index (κ3) is 1.52. The Morgan fingerprint density at radius 3 is 2.87 bits per heavy atom. The van der Waals surface area contributed by atoms with Gasteiger partial charge >= 0.3 is 5.69 Å². The monoisotopic (exact) mass is 205 g/mol. The van der Waals surface area contributed by atoms with Crippen molar-refractivity contribution in [2.24, 2.45) is 0 Å². The van der Waals surface area contributed by atoms with Crippen LogP contribution in [0.1, 0.15) is 0 Å². The van der Waals surface area contributed by atoms with E-state index < -0.39 is 4.92 Å². The average Bonchev–Trinajstić information content (AvgIpc) is 2.69. The summed E-state index contributed by atoms with van der Waals surface area (Å²) in [7, 11) is 0. The molecule has 2 heterocycles. The molecule has 0 saturated heterocycles. The van der Waals surface area contributed by atoms with Gasteiger partial charge < -0.3 is 10.2 Å². The fraction of sp³-hybridized carbons (Fsp3) is 0. The van der Waals surface area contributed by atoms with Crippen molar-refractivity contribution in [1.82, 2.24) is 4.98 Å². The SMILES string of the molecule is Nc1nccc(-c2ccco2)c1[N+](=O)[O-]. The molecular formula is C9H7N3O3. The van der Waals surface area contributed by atoms with Crippen LogP contribution >= 0.6 is 0 Å². The Balaban J connectivity index is 2.66. The fourth-order valence-electron chi connectivity index (χ4n) is 1.29. The van der Waals surface area contributed by atoms with Crippen molar-refractivity contribution >= 4 is 11.5 Å². The summed E-state index contributed by atoms with van der Waals surface area (Å²) in [4.78, 5) is 13.9. The number of nitro groups is 1. The van der Waals surface area contributed by atoms with Crippen LogP contribution < -0.4 is 5.73 Å². The topological polar surface area (TPSA) is 95.2 Å². The minimum absolute atomic E-state index is 0.117. The van der Waals surface area contributed by atoms with E-state index in [2.05, 4.69) is 4.98 Å². The summed E-state index contributed by atoms with van der Waals surface area (Å²) in [6.07, 6.45) is 2.84. The molecule has 0 atom stereocenters. The first kappa shape index (κ1) is 9.20. The van der Waals surface area contributed by atoms with Crippen LogP contribution in [0.25, 0.3) is 11.3 Å². The van der Waals surface area contributed by atoms with Gasteiger partial charge in [-0.15, -0.1) is 0 Å². The number of rotatable bonds is 2. The molecular weight excluding hydrogens is 198 g/mol. The molecule has 0 radical (unpaired) electrons. The van der Waals surface area contributed by atoms with Crippen molar-refractivity contribution in [1.29, 1.82) is 0 Å². The van der Waals surface area contributed by atoms with Gasteiger partial charge in [-0.3, -0.25) is 10.1 Å². The summed E-state index contributed by atoms with van der Waals surface area (Å²) in [6.45, 7) is 0. The molecule has 2 aromatic rings. The third-order valence-electron chi connectivity index (χ3n) is 1.92. The molecule has 6 nitrogen and oxygen atoms in total. The Morgan fingerprint density at radius 2 is 2.27 bits per heavy atom. The van der Waals surface area contributed by atoms with Gasteiger partial charge in [-0.1, -0.05) is 0 Å². The summed E-state index contributed by atoms with van der Waals surface area (Å²) in [5.41, 5.74) is 5.54. The second-order valence-corrected chi connectivity index (χ2v) is 2.83.